The van der Waals surface area contributed by atoms with Gasteiger partial charge in [0.15, 0.2) is 0 Å². The molecule has 20 heavy (non-hydrogen) atoms. The number of nitrogens with two attached hydrogens (primary N) is 1. The number of nitrogens with one attached hydrogen (secondary N) is 2. The minimum atomic E-state index is -0.113. The van der Waals surface area contributed by atoms with Gasteiger partial charge in [-0.25, -0.2) is 10.8 Å². The van der Waals surface area contributed by atoms with E-state index in [0.29, 0.717) is 17.3 Å². The van der Waals surface area contributed by atoms with Crippen LogP contribution in [0, 0.1) is 5.92 Å². The Kier molecular flexibility index (Phi) is 4.20. The van der Waals surface area contributed by atoms with Crippen molar-refractivity contribution in [3.05, 3.63) is 36.0 Å². The molecule has 0 saturated carbocycles. The maximum Gasteiger partial charge on any atom is 0.253 e. The minimum Gasteiger partial charge on any atom is -0.349 e. The Hall–Kier alpha value is -2.14. The molecule has 0 spiro atoms. The molecule has 5 heteroatoms. The monoisotopic (exact) mass is 272 g/mol. The number of hydrazine groups is 1. The van der Waals surface area contributed by atoms with Crippen LogP contribution in [0.3, 0.4) is 0 Å². The highest BCUT2D eigenvalue weighted by Crippen LogP contribution is 2.23. The quantitative estimate of drug-likeness (QED) is 0.589. The van der Waals surface area contributed by atoms with Gasteiger partial charge in [-0.3, -0.25) is 4.79 Å². The van der Waals surface area contributed by atoms with Crippen molar-refractivity contribution in [3.8, 4) is 0 Å². The summed E-state index contributed by atoms with van der Waals surface area (Å²) in [4.78, 5) is 16.6. The predicted octanol–water partition coefficient (Wildman–Crippen LogP) is 2.29. The molecular formula is C15H20N4O. The van der Waals surface area contributed by atoms with Gasteiger partial charge >= 0.3 is 0 Å². The molecule has 1 aromatic carbocycles. The Bertz CT molecular complexity index is 624. The van der Waals surface area contributed by atoms with Crippen molar-refractivity contribution < 1.29 is 4.79 Å². The highest BCUT2D eigenvalue weighted by atomic mass is 16.1. The van der Waals surface area contributed by atoms with E-state index in [1.807, 2.05) is 31.2 Å². The maximum atomic E-state index is 12.4. The average Bonchev–Trinajstić information content (AvgIpc) is 2.45. The third-order valence-corrected chi connectivity index (χ3v) is 3.54. The lowest BCUT2D eigenvalue weighted by Crippen LogP contribution is -2.36. The van der Waals surface area contributed by atoms with Gasteiger partial charge in [0, 0.05) is 17.6 Å². The zero-order valence-corrected chi connectivity index (χ0v) is 12.0. The first-order chi connectivity index (χ1) is 9.54. The number of fused-ring (bicyclic) bond motifs is 1. The standard InChI is InChI=1S/C15H20N4O/c1-9(2)10(3)18-15(20)13-8-17-14(19-16)12-7-5-4-6-11(12)13/h4-10H,16H2,1-3H3,(H,17,19)(H,18,20). The van der Waals surface area contributed by atoms with E-state index in [9.17, 15) is 4.79 Å². The van der Waals surface area contributed by atoms with Gasteiger partial charge in [0.2, 0.25) is 0 Å². The summed E-state index contributed by atoms with van der Waals surface area (Å²) in [5, 5.41) is 4.66. The van der Waals surface area contributed by atoms with Crippen molar-refractivity contribution in [2.24, 2.45) is 11.8 Å². The summed E-state index contributed by atoms with van der Waals surface area (Å²) in [6.07, 6.45) is 1.56. The largest absolute Gasteiger partial charge is 0.349 e. The van der Waals surface area contributed by atoms with Crippen molar-refractivity contribution in [2.75, 3.05) is 5.43 Å². The van der Waals surface area contributed by atoms with Crippen molar-refractivity contribution in [1.29, 1.82) is 0 Å². The number of benzene rings is 1. The number of carbonyl (C=O) groups excluding carboxylic acids is 1. The van der Waals surface area contributed by atoms with Crippen molar-refractivity contribution in [1.82, 2.24) is 10.3 Å². The Morgan fingerprint density at radius 3 is 2.45 bits per heavy atom. The molecule has 0 aliphatic heterocycles. The normalized spacial score (nSPS) is 12.4. The van der Waals surface area contributed by atoms with Gasteiger partial charge in [0.05, 0.1) is 5.56 Å². The van der Waals surface area contributed by atoms with Crippen LogP contribution in [0.2, 0.25) is 0 Å². The fraction of sp³-hybridized carbons (Fsp3) is 0.333. The molecule has 0 aliphatic rings. The lowest BCUT2D eigenvalue weighted by molar-refractivity contribution is 0.0932. The maximum absolute atomic E-state index is 12.4. The van der Waals surface area contributed by atoms with Gasteiger partial charge in [0.1, 0.15) is 5.82 Å². The minimum absolute atomic E-state index is 0.105. The number of nitrogens with zero attached hydrogens (tertiary/aromatic N) is 1. The van der Waals surface area contributed by atoms with E-state index in [-0.39, 0.29) is 11.9 Å². The number of hydrogen-bond acceptors (Lipinski definition) is 4. The predicted molar refractivity (Wildman–Crippen MR) is 81.3 cm³/mol. The lowest BCUT2D eigenvalue weighted by atomic mass is 10.0. The van der Waals surface area contributed by atoms with Gasteiger partial charge in [0.25, 0.3) is 5.91 Å². The smallest absolute Gasteiger partial charge is 0.253 e. The topological polar surface area (TPSA) is 80.0 Å². The number of hydrogen-bond donors (Lipinski definition) is 3. The van der Waals surface area contributed by atoms with Gasteiger partial charge in [-0.2, -0.15) is 0 Å². The summed E-state index contributed by atoms with van der Waals surface area (Å²) in [7, 11) is 0. The van der Waals surface area contributed by atoms with Crippen LogP contribution in [0.15, 0.2) is 30.5 Å². The van der Waals surface area contributed by atoms with Crippen LogP contribution >= 0.6 is 0 Å². The van der Waals surface area contributed by atoms with Crippen molar-refractivity contribution >= 4 is 22.5 Å². The fourth-order valence-corrected chi connectivity index (χ4v) is 1.94. The van der Waals surface area contributed by atoms with Crippen LogP contribution in [-0.4, -0.2) is 16.9 Å². The molecule has 2 rings (SSSR count). The molecule has 0 bridgehead atoms. The van der Waals surface area contributed by atoms with Gasteiger partial charge in [-0.15, -0.1) is 0 Å². The highest BCUT2D eigenvalue weighted by Gasteiger charge is 2.16. The third kappa shape index (κ3) is 2.72. The molecule has 0 radical (unpaired) electrons. The van der Waals surface area contributed by atoms with E-state index in [0.717, 1.165) is 10.8 Å². The van der Waals surface area contributed by atoms with E-state index >= 15 is 0 Å². The second-order valence-corrected chi connectivity index (χ2v) is 5.22. The first-order valence-corrected chi connectivity index (χ1v) is 6.69. The molecule has 1 heterocycles. The number of carbonyl (C=O) groups is 1. The van der Waals surface area contributed by atoms with Crippen LogP contribution in [0.5, 0.6) is 0 Å². The van der Waals surface area contributed by atoms with Crippen LogP contribution in [-0.2, 0) is 0 Å². The number of nitrogen functional groups attached to an aromatic ring is 1. The van der Waals surface area contributed by atoms with Crippen LogP contribution in [0.1, 0.15) is 31.1 Å². The van der Waals surface area contributed by atoms with E-state index in [4.69, 9.17) is 5.84 Å². The Morgan fingerprint density at radius 1 is 1.20 bits per heavy atom. The molecule has 1 atom stereocenters. The lowest BCUT2D eigenvalue weighted by Gasteiger charge is -2.18. The molecule has 0 fully saturated rings. The van der Waals surface area contributed by atoms with Crippen molar-refractivity contribution in [2.45, 2.75) is 26.8 Å². The SMILES string of the molecule is CC(C)C(C)NC(=O)c1cnc(NN)c2ccccc12. The summed E-state index contributed by atoms with van der Waals surface area (Å²) in [5.74, 6) is 6.28. The van der Waals surface area contributed by atoms with Gasteiger partial charge < -0.3 is 10.7 Å². The number of pyridine rings is 1. The van der Waals surface area contributed by atoms with E-state index in [2.05, 4.69) is 29.6 Å². The molecular weight excluding hydrogens is 252 g/mol. The van der Waals surface area contributed by atoms with E-state index < -0.39 is 0 Å². The highest BCUT2D eigenvalue weighted by molar-refractivity contribution is 6.09. The number of aromatic nitrogens is 1. The first-order valence-electron chi connectivity index (χ1n) is 6.69. The third-order valence-electron chi connectivity index (χ3n) is 3.54. The molecule has 5 nitrogen and oxygen atoms in total. The van der Waals surface area contributed by atoms with Crippen LogP contribution < -0.4 is 16.6 Å². The molecule has 0 aliphatic carbocycles. The first kappa shape index (κ1) is 14.3. The molecule has 1 unspecified atom stereocenters. The summed E-state index contributed by atoms with van der Waals surface area (Å²) in [5.41, 5.74) is 3.11. The number of anilines is 1. The Morgan fingerprint density at radius 2 is 1.85 bits per heavy atom. The van der Waals surface area contributed by atoms with Crippen molar-refractivity contribution in [3.63, 3.8) is 0 Å². The molecule has 4 N–H and O–H groups in total. The second kappa shape index (κ2) is 5.88. The Labute approximate surface area is 118 Å². The van der Waals surface area contributed by atoms with Crippen LogP contribution in [0.4, 0.5) is 5.82 Å². The zero-order chi connectivity index (χ0) is 14.7. The summed E-state index contributed by atoms with van der Waals surface area (Å²) in [6, 6.07) is 7.68. The Balaban J connectivity index is 2.43. The van der Waals surface area contributed by atoms with Gasteiger partial charge in [-0.05, 0) is 18.2 Å². The molecule has 1 aromatic heterocycles. The number of amides is 1. The van der Waals surface area contributed by atoms with Gasteiger partial charge in [-0.1, -0.05) is 38.1 Å². The van der Waals surface area contributed by atoms with Crippen LogP contribution in [0.25, 0.3) is 10.8 Å². The number of rotatable bonds is 4. The zero-order valence-electron chi connectivity index (χ0n) is 12.0. The molecule has 1 amide bonds. The second-order valence-electron chi connectivity index (χ2n) is 5.22. The molecule has 2 aromatic rings. The average molecular weight is 272 g/mol. The summed E-state index contributed by atoms with van der Waals surface area (Å²) >= 11 is 0. The summed E-state index contributed by atoms with van der Waals surface area (Å²) in [6.45, 7) is 6.14. The molecule has 0 saturated heterocycles. The fourth-order valence-electron chi connectivity index (χ4n) is 1.94. The molecule has 106 valence electrons. The van der Waals surface area contributed by atoms with E-state index in [1.54, 1.807) is 6.20 Å². The van der Waals surface area contributed by atoms with E-state index in [1.165, 1.54) is 0 Å². The summed E-state index contributed by atoms with van der Waals surface area (Å²) < 4.78 is 0.